The molecule has 1 N–H and O–H groups in total. The minimum Gasteiger partial charge on any atom is -0.480 e. The number of hydrogen-bond acceptors (Lipinski definition) is 3. The van der Waals surface area contributed by atoms with Crippen LogP contribution in [0.3, 0.4) is 0 Å². The van der Waals surface area contributed by atoms with Crippen LogP contribution in [0.4, 0.5) is 4.39 Å². The molecule has 0 saturated carbocycles. The van der Waals surface area contributed by atoms with E-state index in [4.69, 9.17) is 10.1 Å². The lowest BCUT2D eigenvalue weighted by Crippen LogP contribution is -2.07. The van der Waals surface area contributed by atoms with E-state index in [9.17, 15) is 9.18 Å². The number of halogens is 1. The average Bonchev–Trinajstić information content (AvgIpc) is 3.21. The molecule has 0 fully saturated rings. The molecule has 0 saturated heterocycles. The van der Waals surface area contributed by atoms with E-state index in [0.29, 0.717) is 11.8 Å². The molecule has 0 atom stereocenters. The number of aromatic nitrogens is 3. The summed E-state index contributed by atoms with van der Waals surface area (Å²) in [5, 5.41) is 11.9. The monoisotopic (exact) mass is 477 g/mol. The number of carbonyl (C=O) groups is 1. The Morgan fingerprint density at radius 3 is 2.47 bits per heavy atom. The summed E-state index contributed by atoms with van der Waals surface area (Å²) in [5.74, 6) is -1.05. The summed E-state index contributed by atoms with van der Waals surface area (Å²) >= 11 is 0. The van der Waals surface area contributed by atoms with Gasteiger partial charge >= 0.3 is 5.97 Å². The number of carboxylic acid groups (broad SMARTS) is 1. The Morgan fingerprint density at radius 1 is 0.833 bits per heavy atom. The fourth-order valence-electron chi connectivity index (χ4n) is 4.36. The molecule has 3 aromatic carbocycles. The van der Waals surface area contributed by atoms with Crippen LogP contribution in [0.1, 0.15) is 17.0 Å². The molecular weight excluding hydrogens is 453 g/mol. The van der Waals surface area contributed by atoms with Crippen molar-refractivity contribution >= 4 is 38.7 Å². The van der Waals surface area contributed by atoms with Crippen molar-refractivity contribution < 1.29 is 14.3 Å². The minimum atomic E-state index is -0.842. The first-order chi connectivity index (χ1) is 17.5. The highest BCUT2D eigenvalue weighted by Crippen LogP contribution is 2.24. The zero-order valence-corrected chi connectivity index (χ0v) is 19.7. The first kappa shape index (κ1) is 23.2. The molecular formula is C30H24FN3O2. The number of rotatable bonds is 4. The first-order valence-corrected chi connectivity index (χ1v) is 11.6. The van der Waals surface area contributed by atoms with Gasteiger partial charge < -0.3 is 9.67 Å². The number of carboxylic acids is 1. The summed E-state index contributed by atoms with van der Waals surface area (Å²) in [5.41, 5.74) is 5.62. The van der Waals surface area contributed by atoms with Gasteiger partial charge in [-0.05, 0) is 55.0 Å². The molecule has 0 bridgehead atoms. The van der Waals surface area contributed by atoms with Gasteiger partial charge in [-0.25, -0.2) is 4.39 Å². The van der Waals surface area contributed by atoms with Crippen LogP contribution in [0.5, 0.6) is 0 Å². The second kappa shape index (κ2) is 9.96. The van der Waals surface area contributed by atoms with Crippen molar-refractivity contribution in [3.05, 3.63) is 120 Å². The number of aryl methyl sites for hydroxylation is 1. The molecule has 6 aromatic rings. The summed E-state index contributed by atoms with van der Waals surface area (Å²) in [6, 6.07) is 28.5. The Labute approximate surface area is 207 Å². The Bertz CT molecular complexity index is 1710. The molecule has 0 unspecified atom stereocenters. The van der Waals surface area contributed by atoms with Crippen LogP contribution in [-0.4, -0.2) is 25.6 Å². The van der Waals surface area contributed by atoms with Crippen molar-refractivity contribution in [2.45, 2.75) is 19.9 Å². The van der Waals surface area contributed by atoms with Gasteiger partial charge in [0.05, 0.1) is 11.0 Å². The summed E-state index contributed by atoms with van der Waals surface area (Å²) in [6.07, 6.45) is 2.60. The fraction of sp³-hybridized carbons (Fsp3) is 0.100. The molecule has 3 aromatic heterocycles. The lowest BCUT2D eigenvalue weighted by Gasteiger charge is -2.02. The van der Waals surface area contributed by atoms with E-state index >= 15 is 0 Å². The van der Waals surface area contributed by atoms with Gasteiger partial charge in [-0.3, -0.25) is 14.8 Å². The molecule has 6 rings (SSSR count). The summed E-state index contributed by atoms with van der Waals surface area (Å²) in [7, 11) is 0. The standard InChI is InChI=1S/C20H16N2O2.C10H8FN/c23-20(24)13-22-12-15(17-6-2-4-8-19(17)22)11-16-10-9-14-5-1-3-7-18(14)21-16;1-7-5-6-8-9(11)3-2-4-10(8)12-7/h1-10,12H,11,13H2,(H,23,24);2-6H,1H3. The van der Waals surface area contributed by atoms with Crippen LogP contribution < -0.4 is 0 Å². The van der Waals surface area contributed by atoms with Crippen molar-refractivity contribution in [3.8, 4) is 0 Å². The van der Waals surface area contributed by atoms with Gasteiger partial charge in [0.1, 0.15) is 12.4 Å². The van der Waals surface area contributed by atoms with Crippen molar-refractivity contribution in [1.29, 1.82) is 0 Å². The number of benzene rings is 3. The van der Waals surface area contributed by atoms with Gasteiger partial charge in [0.15, 0.2) is 0 Å². The van der Waals surface area contributed by atoms with E-state index in [1.165, 1.54) is 6.07 Å². The molecule has 3 heterocycles. The Balaban J connectivity index is 0.000000186. The van der Waals surface area contributed by atoms with Crippen LogP contribution >= 0.6 is 0 Å². The van der Waals surface area contributed by atoms with Gasteiger partial charge in [-0.2, -0.15) is 0 Å². The summed E-state index contributed by atoms with van der Waals surface area (Å²) < 4.78 is 14.9. The van der Waals surface area contributed by atoms with E-state index in [1.807, 2.05) is 79.9 Å². The smallest absolute Gasteiger partial charge is 0.323 e. The number of fused-ring (bicyclic) bond motifs is 3. The van der Waals surface area contributed by atoms with Gasteiger partial charge in [-0.1, -0.05) is 48.5 Å². The third-order valence-electron chi connectivity index (χ3n) is 6.02. The topological polar surface area (TPSA) is 68.0 Å². The molecule has 0 aliphatic rings. The highest BCUT2D eigenvalue weighted by atomic mass is 19.1. The molecule has 36 heavy (non-hydrogen) atoms. The van der Waals surface area contributed by atoms with E-state index < -0.39 is 5.97 Å². The Hall–Kier alpha value is -4.58. The van der Waals surface area contributed by atoms with Crippen molar-refractivity contribution in [2.24, 2.45) is 0 Å². The molecule has 0 amide bonds. The minimum absolute atomic E-state index is 0.0360. The maximum atomic E-state index is 13.1. The maximum Gasteiger partial charge on any atom is 0.323 e. The van der Waals surface area contributed by atoms with Crippen molar-refractivity contribution in [2.75, 3.05) is 0 Å². The fourth-order valence-corrected chi connectivity index (χ4v) is 4.36. The molecule has 0 spiro atoms. The zero-order valence-electron chi connectivity index (χ0n) is 19.7. The van der Waals surface area contributed by atoms with Crippen molar-refractivity contribution in [3.63, 3.8) is 0 Å². The maximum absolute atomic E-state index is 13.1. The van der Waals surface area contributed by atoms with Gasteiger partial charge in [0.25, 0.3) is 0 Å². The van der Waals surface area contributed by atoms with Crippen LogP contribution in [0.15, 0.2) is 97.2 Å². The first-order valence-electron chi connectivity index (χ1n) is 11.6. The van der Waals surface area contributed by atoms with Gasteiger partial charge in [-0.15, -0.1) is 0 Å². The Kier molecular flexibility index (Phi) is 6.41. The number of para-hydroxylation sites is 2. The van der Waals surface area contributed by atoms with Crippen molar-refractivity contribution in [1.82, 2.24) is 14.5 Å². The third kappa shape index (κ3) is 4.93. The second-order valence-corrected chi connectivity index (χ2v) is 8.62. The average molecular weight is 478 g/mol. The molecule has 0 aliphatic heterocycles. The highest BCUT2D eigenvalue weighted by Gasteiger charge is 2.11. The SMILES string of the molecule is Cc1ccc2c(F)cccc2n1.O=C(O)Cn1cc(Cc2ccc3ccccc3n2)c2ccccc21. The van der Waals surface area contributed by atoms with Crippen LogP contribution in [0, 0.1) is 12.7 Å². The molecule has 0 aliphatic carbocycles. The number of pyridine rings is 2. The van der Waals surface area contributed by atoms with Gasteiger partial charge in [0.2, 0.25) is 0 Å². The van der Waals surface area contributed by atoms with Gasteiger partial charge in [0, 0.05) is 45.7 Å². The van der Waals surface area contributed by atoms with Crippen LogP contribution in [-0.2, 0) is 17.8 Å². The predicted molar refractivity (Wildman–Crippen MR) is 141 cm³/mol. The summed E-state index contributed by atoms with van der Waals surface area (Å²) in [4.78, 5) is 20.0. The largest absolute Gasteiger partial charge is 0.480 e. The number of hydrogen-bond donors (Lipinski definition) is 1. The number of aliphatic carboxylic acids is 1. The quantitative estimate of drug-likeness (QED) is 0.313. The molecule has 5 nitrogen and oxygen atoms in total. The lowest BCUT2D eigenvalue weighted by molar-refractivity contribution is -0.137. The predicted octanol–water partition coefficient (Wildman–Crippen LogP) is 6.55. The van der Waals surface area contributed by atoms with E-state index in [-0.39, 0.29) is 12.4 Å². The van der Waals surface area contributed by atoms with E-state index in [2.05, 4.69) is 11.1 Å². The second-order valence-electron chi connectivity index (χ2n) is 8.62. The lowest BCUT2D eigenvalue weighted by atomic mass is 10.1. The molecule has 178 valence electrons. The van der Waals surface area contributed by atoms with Crippen LogP contribution in [0.2, 0.25) is 0 Å². The Morgan fingerprint density at radius 2 is 1.61 bits per heavy atom. The normalized spacial score (nSPS) is 10.9. The highest BCUT2D eigenvalue weighted by molar-refractivity contribution is 5.86. The molecule has 0 radical (unpaired) electrons. The number of nitrogens with zero attached hydrogens (tertiary/aromatic N) is 3. The summed E-state index contributed by atoms with van der Waals surface area (Å²) in [6.45, 7) is 1.86. The molecule has 6 heteroatoms. The van der Waals surface area contributed by atoms with E-state index in [0.717, 1.165) is 44.3 Å². The van der Waals surface area contributed by atoms with Crippen LogP contribution in [0.25, 0.3) is 32.7 Å². The van der Waals surface area contributed by atoms with E-state index in [1.54, 1.807) is 16.7 Å². The third-order valence-corrected chi connectivity index (χ3v) is 6.02. The zero-order chi connectivity index (χ0) is 25.1.